The zero-order chi connectivity index (χ0) is 23.5. The second kappa shape index (κ2) is 9.36. The third kappa shape index (κ3) is 4.42. The summed E-state index contributed by atoms with van der Waals surface area (Å²) in [6.07, 6.45) is 1.53. The lowest BCUT2D eigenvalue weighted by Crippen LogP contribution is -2.29. The van der Waals surface area contributed by atoms with Gasteiger partial charge in [-0.15, -0.1) is 0 Å². The smallest absolute Gasteiger partial charge is 0.296 e. The van der Waals surface area contributed by atoms with Gasteiger partial charge in [-0.1, -0.05) is 38.1 Å². The summed E-state index contributed by atoms with van der Waals surface area (Å²) in [7, 11) is 0. The third-order valence-electron chi connectivity index (χ3n) is 5.80. The van der Waals surface area contributed by atoms with E-state index in [2.05, 4.69) is 13.8 Å². The molecule has 0 radical (unpaired) electrons. The van der Waals surface area contributed by atoms with Gasteiger partial charge in [0.05, 0.1) is 31.0 Å². The van der Waals surface area contributed by atoms with E-state index in [1.165, 1.54) is 11.2 Å². The van der Waals surface area contributed by atoms with Crippen molar-refractivity contribution < 1.29 is 23.8 Å². The lowest BCUT2D eigenvalue weighted by atomic mass is 9.93. The summed E-state index contributed by atoms with van der Waals surface area (Å²) in [5.74, 6) is -0.0359. The number of aliphatic hydroxyl groups is 1. The Hall–Kier alpha value is -3.80. The molecule has 1 atom stereocenters. The molecule has 1 amide bonds. The minimum absolute atomic E-state index is 0.0630. The lowest BCUT2D eigenvalue weighted by molar-refractivity contribution is -0.140. The molecule has 1 fully saturated rings. The summed E-state index contributed by atoms with van der Waals surface area (Å²) >= 11 is 0. The van der Waals surface area contributed by atoms with E-state index in [4.69, 9.17) is 9.15 Å². The molecule has 1 saturated heterocycles. The van der Waals surface area contributed by atoms with Crippen molar-refractivity contribution in [2.75, 3.05) is 6.61 Å². The molecule has 4 rings (SSSR count). The highest BCUT2D eigenvalue weighted by molar-refractivity contribution is 6.46. The van der Waals surface area contributed by atoms with Crippen molar-refractivity contribution in [3.63, 3.8) is 0 Å². The molecule has 33 heavy (non-hydrogen) atoms. The van der Waals surface area contributed by atoms with Gasteiger partial charge in [0, 0.05) is 5.56 Å². The van der Waals surface area contributed by atoms with Crippen molar-refractivity contribution >= 4 is 17.4 Å². The van der Waals surface area contributed by atoms with Crippen LogP contribution in [0.3, 0.4) is 0 Å². The van der Waals surface area contributed by atoms with Crippen molar-refractivity contribution in [2.24, 2.45) is 0 Å². The van der Waals surface area contributed by atoms with Crippen molar-refractivity contribution in [3.05, 3.63) is 95.0 Å². The normalized spacial score (nSPS) is 17.7. The molecule has 2 aromatic carbocycles. The van der Waals surface area contributed by atoms with Gasteiger partial charge in [0.15, 0.2) is 0 Å². The van der Waals surface area contributed by atoms with E-state index in [0.717, 1.165) is 11.1 Å². The number of nitrogens with zero attached hydrogens (tertiary/aromatic N) is 1. The highest BCUT2D eigenvalue weighted by Gasteiger charge is 2.46. The molecule has 3 aromatic rings. The fraction of sp³-hybridized carbons (Fsp3) is 0.259. The summed E-state index contributed by atoms with van der Waals surface area (Å²) < 4.78 is 10.9. The number of hydrogen-bond acceptors (Lipinski definition) is 5. The van der Waals surface area contributed by atoms with Gasteiger partial charge in [0.2, 0.25) is 0 Å². The van der Waals surface area contributed by atoms with Crippen LogP contribution in [-0.4, -0.2) is 28.3 Å². The molecule has 6 nitrogen and oxygen atoms in total. The number of benzene rings is 2. The Bertz CT molecular complexity index is 1160. The Morgan fingerprint density at radius 2 is 1.76 bits per heavy atom. The van der Waals surface area contributed by atoms with E-state index in [1.54, 1.807) is 36.4 Å². The minimum atomic E-state index is -0.733. The van der Waals surface area contributed by atoms with Gasteiger partial charge in [-0.05, 0) is 60.4 Å². The highest BCUT2D eigenvalue weighted by Crippen LogP contribution is 2.40. The van der Waals surface area contributed by atoms with Crippen LogP contribution in [0.1, 0.15) is 55.2 Å². The Labute approximate surface area is 193 Å². The molecular weight excluding hydrogens is 418 g/mol. The Morgan fingerprint density at radius 1 is 1.06 bits per heavy atom. The van der Waals surface area contributed by atoms with Crippen LogP contribution in [0.25, 0.3) is 5.76 Å². The van der Waals surface area contributed by atoms with Crippen LogP contribution < -0.4 is 4.74 Å². The summed E-state index contributed by atoms with van der Waals surface area (Å²) in [5.41, 5.74) is 2.40. The number of amides is 1. The van der Waals surface area contributed by atoms with Crippen LogP contribution in [-0.2, 0) is 16.1 Å². The average molecular weight is 446 g/mol. The maximum Gasteiger partial charge on any atom is 0.296 e. The van der Waals surface area contributed by atoms with Gasteiger partial charge >= 0.3 is 0 Å². The van der Waals surface area contributed by atoms with Gasteiger partial charge in [0.25, 0.3) is 11.7 Å². The van der Waals surface area contributed by atoms with Gasteiger partial charge in [0.1, 0.15) is 17.3 Å². The first-order chi connectivity index (χ1) is 15.9. The number of aliphatic hydroxyl groups excluding tert-OH is 1. The zero-order valence-corrected chi connectivity index (χ0v) is 18.9. The molecule has 1 unspecified atom stereocenters. The SMILES string of the molecule is CCOc1ccc(/C(O)=C2/C(=O)C(=O)N(Cc3ccco3)C2c2ccc(C(C)C)cc2)cc1. The van der Waals surface area contributed by atoms with Gasteiger partial charge in [-0.3, -0.25) is 9.59 Å². The second-order valence-corrected chi connectivity index (χ2v) is 8.29. The van der Waals surface area contributed by atoms with E-state index in [0.29, 0.717) is 29.6 Å². The fourth-order valence-electron chi connectivity index (χ4n) is 4.05. The molecule has 1 aliphatic rings. The molecular formula is C27H27NO5. The summed E-state index contributed by atoms with van der Waals surface area (Å²) in [5, 5.41) is 11.2. The number of Topliss-reactive ketones (excluding diaryl/α,β-unsaturated/α-hetero) is 1. The molecule has 1 N–H and O–H groups in total. The Morgan fingerprint density at radius 3 is 2.33 bits per heavy atom. The van der Waals surface area contributed by atoms with Crippen LogP contribution in [0.5, 0.6) is 5.75 Å². The molecule has 1 aromatic heterocycles. The van der Waals surface area contributed by atoms with Crippen molar-refractivity contribution in [2.45, 2.75) is 39.3 Å². The molecule has 1 aliphatic heterocycles. The van der Waals surface area contributed by atoms with E-state index in [9.17, 15) is 14.7 Å². The predicted molar refractivity (Wildman–Crippen MR) is 125 cm³/mol. The van der Waals surface area contributed by atoms with Gasteiger partial charge < -0.3 is 19.2 Å². The molecule has 6 heteroatoms. The zero-order valence-electron chi connectivity index (χ0n) is 18.9. The molecule has 0 bridgehead atoms. The molecule has 2 heterocycles. The second-order valence-electron chi connectivity index (χ2n) is 8.29. The van der Waals surface area contributed by atoms with Crippen LogP contribution in [0.2, 0.25) is 0 Å². The highest BCUT2D eigenvalue weighted by atomic mass is 16.5. The van der Waals surface area contributed by atoms with Crippen molar-refractivity contribution in [1.29, 1.82) is 0 Å². The first kappa shape index (κ1) is 22.4. The standard InChI is InChI=1S/C27H27NO5/c1-4-32-21-13-11-20(12-14-21)25(29)23-24(19-9-7-18(8-10-19)17(2)3)28(27(31)26(23)30)16-22-6-5-15-33-22/h5-15,17,24,29H,4,16H2,1-3H3/b25-23-. The van der Waals surface area contributed by atoms with Crippen LogP contribution >= 0.6 is 0 Å². The van der Waals surface area contributed by atoms with Gasteiger partial charge in [-0.25, -0.2) is 0 Å². The largest absolute Gasteiger partial charge is 0.507 e. The Balaban J connectivity index is 1.81. The monoisotopic (exact) mass is 445 g/mol. The molecule has 0 saturated carbocycles. The van der Waals surface area contributed by atoms with E-state index in [1.807, 2.05) is 31.2 Å². The topological polar surface area (TPSA) is 80.0 Å². The van der Waals surface area contributed by atoms with Gasteiger partial charge in [-0.2, -0.15) is 0 Å². The first-order valence-corrected chi connectivity index (χ1v) is 11.0. The number of ketones is 1. The first-order valence-electron chi connectivity index (χ1n) is 11.0. The average Bonchev–Trinajstić information content (AvgIpc) is 3.42. The number of rotatable bonds is 7. The Kier molecular flexibility index (Phi) is 6.36. The van der Waals surface area contributed by atoms with Crippen molar-refractivity contribution in [1.82, 2.24) is 4.90 Å². The number of likely N-dealkylation sites (tertiary alicyclic amines) is 1. The van der Waals surface area contributed by atoms with E-state index >= 15 is 0 Å². The number of ether oxygens (including phenoxy) is 1. The van der Waals surface area contributed by atoms with Crippen LogP contribution in [0.4, 0.5) is 0 Å². The van der Waals surface area contributed by atoms with Crippen LogP contribution in [0.15, 0.2) is 76.9 Å². The summed E-state index contributed by atoms with van der Waals surface area (Å²) in [6, 6.07) is 17.4. The van der Waals surface area contributed by atoms with Crippen molar-refractivity contribution in [3.8, 4) is 5.75 Å². The number of carbonyl (C=O) groups excluding carboxylic acids is 2. The summed E-state index contributed by atoms with van der Waals surface area (Å²) in [6.45, 7) is 6.73. The quantitative estimate of drug-likeness (QED) is 0.298. The summed E-state index contributed by atoms with van der Waals surface area (Å²) in [4.78, 5) is 27.6. The van der Waals surface area contributed by atoms with Crippen LogP contribution in [0, 0.1) is 0 Å². The third-order valence-corrected chi connectivity index (χ3v) is 5.80. The number of carbonyl (C=O) groups is 2. The number of furan rings is 1. The van der Waals surface area contributed by atoms with E-state index < -0.39 is 17.7 Å². The lowest BCUT2D eigenvalue weighted by Gasteiger charge is -2.25. The fourth-order valence-corrected chi connectivity index (χ4v) is 4.05. The van der Waals surface area contributed by atoms with E-state index in [-0.39, 0.29) is 17.9 Å². The maximum atomic E-state index is 13.1. The maximum absolute atomic E-state index is 13.1. The molecule has 0 aliphatic carbocycles. The minimum Gasteiger partial charge on any atom is -0.507 e. The molecule has 0 spiro atoms. The predicted octanol–water partition coefficient (Wildman–Crippen LogP) is 5.42. The molecule has 170 valence electrons. The number of hydrogen-bond donors (Lipinski definition) is 1.